The van der Waals surface area contributed by atoms with Gasteiger partial charge in [-0.05, 0) is 54.7 Å². The van der Waals surface area contributed by atoms with Crippen molar-refractivity contribution in [1.29, 1.82) is 0 Å². The number of carbonyl (C=O) groups is 1. The molecule has 1 unspecified atom stereocenters. The topological polar surface area (TPSA) is 98.5 Å². The molecule has 6 nitrogen and oxygen atoms in total. The van der Waals surface area contributed by atoms with E-state index in [1.807, 2.05) is 25.1 Å². The highest BCUT2D eigenvalue weighted by Crippen LogP contribution is 2.27. The largest absolute Gasteiger partial charge is 0.483 e. The summed E-state index contributed by atoms with van der Waals surface area (Å²) in [5.41, 5.74) is 2.75. The Morgan fingerprint density at radius 2 is 1.85 bits per heavy atom. The Bertz CT molecular complexity index is 923. The predicted molar refractivity (Wildman–Crippen MR) is 105 cm³/mol. The van der Waals surface area contributed by atoms with Crippen molar-refractivity contribution >= 4 is 15.9 Å². The van der Waals surface area contributed by atoms with Gasteiger partial charge in [-0.3, -0.25) is 4.79 Å². The molecule has 0 aliphatic rings. The number of nitrogens with one attached hydrogen (secondary N) is 1. The van der Waals surface area contributed by atoms with Gasteiger partial charge in [-0.15, -0.1) is 0 Å². The Hall–Kier alpha value is -2.38. The maximum absolute atomic E-state index is 12.3. The number of benzene rings is 2. The summed E-state index contributed by atoms with van der Waals surface area (Å²) in [6, 6.07) is 11.8. The fourth-order valence-electron chi connectivity index (χ4n) is 2.71. The van der Waals surface area contributed by atoms with Gasteiger partial charge in [0.25, 0.3) is 5.91 Å². The van der Waals surface area contributed by atoms with Crippen molar-refractivity contribution in [3.63, 3.8) is 0 Å². The second-order valence-electron chi connectivity index (χ2n) is 6.89. The summed E-state index contributed by atoms with van der Waals surface area (Å²) in [7, 11) is -3.79. The third-order valence-corrected chi connectivity index (χ3v) is 5.12. The van der Waals surface area contributed by atoms with Gasteiger partial charge in [0.1, 0.15) is 5.75 Å². The molecule has 0 aliphatic carbocycles. The summed E-state index contributed by atoms with van der Waals surface area (Å²) >= 11 is 0. The lowest BCUT2D eigenvalue weighted by atomic mass is 10.0. The Kier molecular flexibility index (Phi) is 6.62. The molecule has 7 heteroatoms. The van der Waals surface area contributed by atoms with Crippen LogP contribution in [0.5, 0.6) is 5.75 Å². The normalized spacial score (nSPS) is 12.7. The van der Waals surface area contributed by atoms with Crippen LogP contribution in [0.15, 0.2) is 47.4 Å². The van der Waals surface area contributed by atoms with E-state index in [4.69, 9.17) is 9.88 Å². The summed E-state index contributed by atoms with van der Waals surface area (Å²) in [5.74, 6) is 0.687. The molecule has 1 atom stereocenters. The first-order chi connectivity index (χ1) is 12.6. The number of carbonyl (C=O) groups excluding carboxylic acids is 1. The Morgan fingerprint density at radius 1 is 1.15 bits per heavy atom. The van der Waals surface area contributed by atoms with Gasteiger partial charge in [0.05, 0.1) is 10.9 Å². The average molecular weight is 391 g/mol. The number of nitrogens with two attached hydrogens (primary N) is 1. The van der Waals surface area contributed by atoms with E-state index in [1.54, 1.807) is 19.1 Å². The monoisotopic (exact) mass is 390 g/mol. The van der Waals surface area contributed by atoms with Crippen molar-refractivity contribution in [2.24, 2.45) is 5.14 Å². The molecule has 0 saturated carbocycles. The second kappa shape index (κ2) is 8.54. The molecule has 0 spiro atoms. The number of rotatable bonds is 7. The van der Waals surface area contributed by atoms with E-state index >= 15 is 0 Å². The van der Waals surface area contributed by atoms with Gasteiger partial charge >= 0.3 is 0 Å². The first kappa shape index (κ1) is 20.9. The van der Waals surface area contributed by atoms with Gasteiger partial charge in [0, 0.05) is 0 Å². The lowest BCUT2D eigenvalue weighted by Crippen LogP contribution is -2.31. The van der Waals surface area contributed by atoms with Gasteiger partial charge < -0.3 is 10.1 Å². The van der Waals surface area contributed by atoms with Crippen molar-refractivity contribution in [2.75, 3.05) is 6.61 Å². The molecule has 0 fully saturated rings. The lowest BCUT2D eigenvalue weighted by molar-refractivity contribution is -0.123. The molecule has 2 aromatic carbocycles. The minimum absolute atomic E-state index is 0.0127. The average Bonchev–Trinajstić information content (AvgIpc) is 2.59. The van der Waals surface area contributed by atoms with Gasteiger partial charge in [-0.25, -0.2) is 13.6 Å². The molecule has 0 aromatic heterocycles. The Morgan fingerprint density at radius 3 is 2.48 bits per heavy atom. The molecule has 2 aromatic rings. The molecule has 0 saturated heterocycles. The first-order valence-corrected chi connectivity index (χ1v) is 10.3. The molecule has 0 aliphatic heterocycles. The quantitative estimate of drug-likeness (QED) is 0.759. The minimum Gasteiger partial charge on any atom is -0.483 e. The van der Waals surface area contributed by atoms with Crippen molar-refractivity contribution in [3.05, 3.63) is 59.2 Å². The van der Waals surface area contributed by atoms with E-state index in [0.717, 1.165) is 11.1 Å². The van der Waals surface area contributed by atoms with Crippen molar-refractivity contribution in [2.45, 2.75) is 44.6 Å². The summed E-state index contributed by atoms with van der Waals surface area (Å²) < 4.78 is 28.7. The number of primary sulfonamides is 1. The molecule has 2 rings (SSSR count). The van der Waals surface area contributed by atoms with Crippen LogP contribution in [0.1, 0.15) is 49.4 Å². The number of amides is 1. The van der Waals surface area contributed by atoms with Gasteiger partial charge in [-0.2, -0.15) is 0 Å². The fourth-order valence-corrected chi connectivity index (χ4v) is 3.28. The van der Waals surface area contributed by atoms with Crippen molar-refractivity contribution in [3.8, 4) is 5.75 Å². The molecular formula is C20H26N2O4S. The number of hydrogen-bond acceptors (Lipinski definition) is 4. The van der Waals surface area contributed by atoms with Crippen LogP contribution in [0.4, 0.5) is 0 Å². The van der Waals surface area contributed by atoms with E-state index in [-0.39, 0.29) is 29.4 Å². The second-order valence-corrected chi connectivity index (χ2v) is 8.45. The van der Waals surface area contributed by atoms with Crippen LogP contribution in [-0.2, 0) is 14.8 Å². The van der Waals surface area contributed by atoms with E-state index in [9.17, 15) is 13.2 Å². The Labute approximate surface area is 160 Å². The van der Waals surface area contributed by atoms with E-state index in [0.29, 0.717) is 11.3 Å². The van der Waals surface area contributed by atoms with Crippen LogP contribution in [0.2, 0.25) is 0 Å². The van der Waals surface area contributed by atoms with E-state index in [2.05, 4.69) is 19.2 Å². The number of aryl methyl sites for hydroxylation is 1. The van der Waals surface area contributed by atoms with Crippen LogP contribution in [0.3, 0.4) is 0 Å². The van der Waals surface area contributed by atoms with Gasteiger partial charge in [0.15, 0.2) is 6.61 Å². The predicted octanol–water partition coefficient (Wildman–Crippen LogP) is 3.02. The van der Waals surface area contributed by atoms with Crippen LogP contribution < -0.4 is 15.2 Å². The van der Waals surface area contributed by atoms with Crippen molar-refractivity contribution in [1.82, 2.24) is 5.32 Å². The maximum atomic E-state index is 12.3. The highest BCUT2D eigenvalue weighted by molar-refractivity contribution is 7.89. The molecule has 3 N–H and O–H groups in total. The molecule has 0 radical (unpaired) electrons. The zero-order chi connectivity index (χ0) is 20.2. The maximum Gasteiger partial charge on any atom is 0.258 e. The van der Waals surface area contributed by atoms with E-state index in [1.165, 1.54) is 12.1 Å². The Balaban J connectivity index is 2.03. The van der Waals surface area contributed by atoms with Crippen LogP contribution >= 0.6 is 0 Å². The molecule has 146 valence electrons. The standard InChI is InChI=1S/C20H26N2O4S/c1-13(2)18-9-8-14(3)10-19(18)26-12-20(23)22-15(4)16-6-5-7-17(11-16)27(21,24)25/h5-11,13,15H,12H2,1-4H3,(H,22,23)(H2,21,24,25). The van der Waals surface area contributed by atoms with Crippen LogP contribution in [-0.4, -0.2) is 20.9 Å². The zero-order valence-electron chi connectivity index (χ0n) is 16.0. The highest BCUT2D eigenvalue weighted by atomic mass is 32.2. The summed E-state index contributed by atoms with van der Waals surface area (Å²) in [5, 5.41) is 7.96. The lowest BCUT2D eigenvalue weighted by Gasteiger charge is -2.17. The van der Waals surface area contributed by atoms with Crippen molar-refractivity contribution < 1.29 is 17.9 Å². The molecular weight excluding hydrogens is 364 g/mol. The highest BCUT2D eigenvalue weighted by Gasteiger charge is 2.15. The summed E-state index contributed by atoms with van der Waals surface area (Å²) in [4.78, 5) is 12.3. The van der Waals surface area contributed by atoms with Crippen LogP contribution in [0.25, 0.3) is 0 Å². The molecule has 1 amide bonds. The first-order valence-electron chi connectivity index (χ1n) is 8.73. The van der Waals surface area contributed by atoms with Crippen LogP contribution in [0, 0.1) is 6.92 Å². The molecule has 0 heterocycles. The number of sulfonamides is 1. The summed E-state index contributed by atoms with van der Waals surface area (Å²) in [6.45, 7) is 7.75. The zero-order valence-corrected chi connectivity index (χ0v) is 16.8. The van der Waals surface area contributed by atoms with Gasteiger partial charge in [0.2, 0.25) is 10.0 Å². The molecule has 27 heavy (non-hydrogen) atoms. The third-order valence-electron chi connectivity index (χ3n) is 4.21. The molecule has 0 bridgehead atoms. The smallest absolute Gasteiger partial charge is 0.258 e. The number of hydrogen-bond donors (Lipinski definition) is 2. The third kappa shape index (κ3) is 5.80. The summed E-state index contributed by atoms with van der Waals surface area (Å²) in [6.07, 6.45) is 0. The SMILES string of the molecule is Cc1ccc(C(C)C)c(OCC(=O)NC(C)c2cccc(S(N)(=O)=O)c2)c1. The number of ether oxygens (including phenoxy) is 1. The fraction of sp³-hybridized carbons (Fsp3) is 0.350. The van der Waals surface area contributed by atoms with Gasteiger partial charge in [-0.1, -0.05) is 38.1 Å². The minimum atomic E-state index is -3.79. The van der Waals surface area contributed by atoms with E-state index < -0.39 is 10.0 Å².